The van der Waals surface area contributed by atoms with E-state index in [-0.39, 0.29) is 11.8 Å². The summed E-state index contributed by atoms with van der Waals surface area (Å²) >= 11 is 0. The van der Waals surface area contributed by atoms with Crippen LogP contribution in [-0.4, -0.2) is 61.0 Å². The average Bonchev–Trinajstić information content (AvgIpc) is 3.52. The van der Waals surface area contributed by atoms with Gasteiger partial charge < -0.3 is 9.80 Å². The number of alkyl halides is 3. The van der Waals surface area contributed by atoms with Gasteiger partial charge in [-0.3, -0.25) is 9.69 Å². The Balaban J connectivity index is 1.31. The molecule has 2 heterocycles. The highest BCUT2D eigenvalue weighted by Crippen LogP contribution is 2.32. The lowest BCUT2D eigenvalue weighted by atomic mass is 9.96. The number of halogens is 3. The monoisotopic (exact) mass is 381 g/mol. The molecule has 0 spiro atoms. The van der Waals surface area contributed by atoms with Crippen LogP contribution in [0.5, 0.6) is 0 Å². The van der Waals surface area contributed by atoms with Gasteiger partial charge in [-0.25, -0.2) is 0 Å². The molecule has 0 aromatic heterocycles. The summed E-state index contributed by atoms with van der Waals surface area (Å²) in [7, 11) is 0. The highest BCUT2D eigenvalue weighted by molar-refractivity contribution is 5.79. The van der Waals surface area contributed by atoms with E-state index in [1.165, 1.54) is 25.0 Å². The van der Waals surface area contributed by atoms with Crippen molar-refractivity contribution in [2.75, 3.05) is 44.2 Å². The number of carbonyl (C=O) groups excluding carboxylic acids is 1. The zero-order valence-electron chi connectivity index (χ0n) is 15.4. The first kappa shape index (κ1) is 18.6. The molecule has 0 N–H and O–H groups in total. The van der Waals surface area contributed by atoms with Crippen LogP contribution >= 0.6 is 0 Å². The molecule has 4 rings (SSSR count). The molecule has 3 fully saturated rings. The highest BCUT2D eigenvalue weighted by Gasteiger charge is 2.36. The first-order valence-corrected chi connectivity index (χ1v) is 9.87. The van der Waals surface area contributed by atoms with Gasteiger partial charge in [-0.1, -0.05) is 0 Å². The SMILES string of the molecule is O=C(C1CCCN(C2CC2)C1)N1CCN(c2ccc(C(F)(F)F)cc2)CC1. The third kappa shape index (κ3) is 4.23. The second-order valence-corrected chi connectivity index (χ2v) is 7.92. The summed E-state index contributed by atoms with van der Waals surface area (Å²) in [5.74, 6) is 0.365. The van der Waals surface area contributed by atoms with Crippen molar-refractivity contribution in [3.05, 3.63) is 29.8 Å². The number of piperidine rings is 1. The number of piperazine rings is 1. The topological polar surface area (TPSA) is 26.8 Å². The van der Waals surface area contributed by atoms with E-state index in [4.69, 9.17) is 0 Å². The lowest BCUT2D eigenvalue weighted by Crippen LogP contribution is -2.52. The van der Waals surface area contributed by atoms with E-state index in [2.05, 4.69) is 9.80 Å². The van der Waals surface area contributed by atoms with Gasteiger partial charge in [0.05, 0.1) is 11.5 Å². The van der Waals surface area contributed by atoms with Crippen LogP contribution < -0.4 is 4.90 Å². The molecule has 2 aliphatic heterocycles. The zero-order chi connectivity index (χ0) is 19.0. The summed E-state index contributed by atoms with van der Waals surface area (Å²) in [5, 5.41) is 0. The van der Waals surface area contributed by atoms with Gasteiger partial charge in [-0.2, -0.15) is 13.2 Å². The van der Waals surface area contributed by atoms with Crippen molar-refractivity contribution in [2.24, 2.45) is 5.92 Å². The van der Waals surface area contributed by atoms with Crippen molar-refractivity contribution in [1.82, 2.24) is 9.80 Å². The van der Waals surface area contributed by atoms with Gasteiger partial charge >= 0.3 is 6.18 Å². The van der Waals surface area contributed by atoms with Gasteiger partial charge in [0.2, 0.25) is 5.91 Å². The van der Waals surface area contributed by atoms with E-state index >= 15 is 0 Å². The Morgan fingerprint density at radius 1 is 0.926 bits per heavy atom. The average molecular weight is 381 g/mol. The molecule has 27 heavy (non-hydrogen) atoms. The maximum Gasteiger partial charge on any atom is 0.416 e. The zero-order valence-corrected chi connectivity index (χ0v) is 15.4. The molecule has 1 unspecified atom stereocenters. The molecular formula is C20H26F3N3O. The fourth-order valence-corrected chi connectivity index (χ4v) is 4.28. The van der Waals surface area contributed by atoms with Crippen LogP contribution in [0, 0.1) is 5.92 Å². The molecule has 2 saturated heterocycles. The maximum absolute atomic E-state index is 12.9. The molecule has 4 nitrogen and oxygen atoms in total. The number of likely N-dealkylation sites (tertiary alicyclic amines) is 1. The first-order valence-electron chi connectivity index (χ1n) is 9.87. The summed E-state index contributed by atoms with van der Waals surface area (Å²) in [6, 6.07) is 6.00. The predicted molar refractivity (Wildman–Crippen MR) is 97.6 cm³/mol. The summed E-state index contributed by atoms with van der Waals surface area (Å²) in [6.07, 6.45) is 0.303. The molecule has 1 aromatic carbocycles. The van der Waals surface area contributed by atoms with Crippen molar-refractivity contribution in [3.63, 3.8) is 0 Å². The lowest BCUT2D eigenvalue weighted by molar-refractivity contribution is -0.138. The molecule has 1 aliphatic carbocycles. The summed E-state index contributed by atoms with van der Waals surface area (Å²) in [5.41, 5.74) is 0.158. The minimum absolute atomic E-state index is 0.108. The van der Waals surface area contributed by atoms with E-state index < -0.39 is 11.7 Å². The van der Waals surface area contributed by atoms with Gasteiger partial charge in [0.15, 0.2) is 0 Å². The number of amides is 1. The number of hydrogen-bond donors (Lipinski definition) is 0. The lowest BCUT2D eigenvalue weighted by Gasteiger charge is -2.39. The predicted octanol–water partition coefficient (Wildman–Crippen LogP) is 3.23. The molecular weight excluding hydrogens is 355 g/mol. The summed E-state index contributed by atoms with van der Waals surface area (Å²) in [6.45, 7) is 4.62. The maximum atomic E-state index is 12.9. The Morgan fingerprint density at radius 3 is 2.19 bits per heavy atom. The van der Waals surface area contributed by atoms with Crippen LogP contribution in [0.1, 0.15) is 31.2 Å². The van der Waals surface area contributed by atoms with Crippen LogP contribution in [0.25, 0.3) is 0 Å². The second-order valence-electron chi connectivity index (χ2n) is 7.92. The third-order valence-corrected chi connectivity index (χ3v) is 6.02. The van der Waals surface area contributed by atoms with Crippen molar-refractivity contribution in [2.45, 2.75) is 37.9 Å². The van der Waals surface area contributed by atoms with Crippen molar-refractivity contribution >= 4 is 11.6 Å². The molecule has 1 saturated carbocycles. The standard InChI is InChI=1S/C20H26F3N3O/c21-20(22,23)16-3-5-17(6-4-16)24-10-12-25(13-11-24)19(27)15-2-1-9-26(14-15)18-7-8-18/h3-6,15,18H,1-2,7-14H2. The largest absolute Gasteiger partial charge is 0.416 e. The number of hydrogen-bond acceptors (Lipinski definition) is 3. The van der Waals surface area contributed by atoms with Gasteiger partial charge in [0, 0.05) is 44.5 Å². The smallest absolute Gasteiger partial charge is 0.368 e. The Bertz CT molecular complexity index is 664. The Labute approximate surface area is 157 Å². The van der Waals surface area contributed by atoms with Crippen LogP contribution in [0.3, 0.4) is 0 Å². The molecule has 7 heteroatoms. The molecule has 0 bridgehead atoms. The Morgan fingerprint density at radius 2 is 1.59 bits per heavy atom. The number of rotatable bonds is 3. The third-order valence-electron chi connectivity index (χ3n) is 6.02. The van der Waals surface area contributed by atoms with Crippen LogP contribution in [0.15, 0.2) is 24.3 Å². The molecule has 1 aromatic rings. The second kappa shape index (κ2) is 7.34. The molecule has 3 aliphatic rings. The summed E-state index contributed by atoms with van der Waals surface area (Å²) in [4.78, 5) is 19.4. The Kier molecular flexibility index (Phi) is 5.05. The van der Waals surface area contributed by atoms with Crippen molar-refractivity contribution < 1.29 is 18.0 Å². The first-order chi connectivity index (χ1) is 12.9. The van der Waals surface area contributed by atoms with Gasteiger partial charge in [-0.05, 0) is 56.5 Å². The number of carbonyl (C=O) groups is 1. The van der Waals surface area contributed by atoms with Crippen LogP contribution in [0.4, 0.5) is 18.9 Å². The van der Waals surface area contributed by atoms with Gasteiger partial charge in [0.1, 0.15) is 0 Å². The van der Waals surface area contributed by atoms with Gasteiger partial charge in [0.25, 0.3) is 0 Å². The molecule has 1 atom stereocenters. The molecule has 0 radical (unpaired) electrons. The van der Waals surface area contributed by atoms with E-state index in [9.17, 15) is 18.0 Å². The van der Waals surface area contributed by atoms with Crippen LogP contribution in [-0.2, 0) is 11.0 Å². The van der Waals surface area contributed by atoms with Gasteiger partial charge in [-0.15, -0.1) is 0 Å². The van der Waals surface area contributed by atoms with Crippen molar-refractivity contribution in [1.29, 1.82) is 0 Å². The van der Waals surface area contributed by atoms with Crippen LogP contribution in [0.2, 0.25) is 0 Å². The fourth-order valence-electron chi connectivity index (χ4n) is 4.28. The molecule has 148 valence electrons. The normalized spacial score (nSPS) is 24.9. The Hall–Kier alpha value is -1.76. The van der Waals surface area contributed by atoms with E-state index in [1.54, 1.807) is 0 Å². The highest BCUT2D eigenvalue weighted by atomic mass is 19.4. The quantitative estimate of drug-likeness (QED) is 0.804. The minimum Gasteiger partial charge on any atom is -0.368 e. The molecule has 1 amide bonds. The number of benzene rings is 1. The van der Waals surface area contributed by atoms with Crippen molar-refractivity contribution in [3.8, 4) is 0 Å². The van der Waals surface area contributed by atoms with E-state index in [0.717, 1.165) is 43.8 Å². The minimum atomic E-state index is -4.31. The number of nitrogens with zero attached hydrogens (tertiary/aromatic N) is 3. The fraction of sp³-hybridized carbons (Fsp3) is 0.650. The summed E-state index contributed by atoms with van der Waals surface area (Å²) < 4.78 is 38.1. The number of anilines is 1. The van der Waals surface area contributed by atoms with E-state index in [0.29, 0.717) is 32.2 Å². The van der Waals surface area contributed by atoms with E-state index in [1.807, 2.05) is 4.90 Å².